The number of hydrogen-bond donors (Lipinski definition) is 0. The SMILES string of the molecule is COc1ccc([C@H]2COc3cc(OC)cc(OC)c3C2=O)c(OC)c1. The Morgan fingerprint density at radius 1 is 0.880 bits per heavy atom. The summed E-state index contributed by atoms with van der Waals surface area (Å²) < 4.78 is 27.1. The molecule has 1 atom stereocenters. The van der Waals surface area contributed by atoms with Gasteiger partial charge in [0, 0.05) is 23.8 Å². The number of methoxy groups -OCH3 is 4. The third-order valence-electron chi connectivity index (χ3n) is 4.28. The maximum absolute atomic E-state index is 13.1. The highest BCUT2D eigenvalue weighted by Crippen LogP contribution is 2.43. The van der Waals surface area contributed by atoms with E-state index < -0.39 is 5.92 Å². The molecule has 6 heteroatoms. The Bertz CT molecular complexity index is 781. The summed E-state index contributed by atoms with van der Waals surface area (Å²) in [6, 6.07) is 8.74. The summed E-state index contributed by atoms with van der Waals surface area (Å²) in [7, 11) is 6.21. The van der Waals surface area contributed by atoms with Gasteiger partial charge in [-0.1, -0.05) is 6.07 Å². The van der Waals surface area contributed by atoms with Crippen molar-refractivity contribution >= 4 is 5.78 Å². The molecule has 0 N–H and O–H groups in total. The molecule has 1 aliphatic rings. The summed E-state index contributed by atoms with van der Waals surface area (Å²) in [6.07, 6.45) is 0. The van der Waals surface area contributed by atoms with Crippen molar-refractivity contribution in [1.29, 1.82) is 0 Å². The van der Waals surface area contributed by atoms with Gasteiger partial charge >= 0.3 is 0 Å². The van der Waals surface area contributed by atoms with E-state index in [1.54, 1.807) is 45.6 Å². The van der Waals surface area contributed by atoms with Crippen molar-refractivity contribution in [3.05, 3.63) is 41.5 Å². The maximum Gasteiger partial charge on any atom is 0.181 e. The van der Waals surface area contributed by atoms with Crippen molar-refractivity contribution in [2.24, 2.45) is 0 Å². The molecule has 0 saturated carbocycles. The monoisotopic (exact) mass is 344 g/mol. The number of Topliss-reactive ketones (excluding diaryl/α,β-unsaturated/α-hetero) is 1. The van der Waals surface area contributed by atoms with Crippen molar-refractivity contribution in [3.63, 3.8) is 0 Å². The first-order valence-corrected chi connectivity index (χ1v) is 7.77. The number of carbonyl (C=O) groups excluding carboxylic acids is 1. The fraction of sp³-hybridized carbons (Fsp3) is 0.316. The first kappa shape index (κ1) is 17.0. The molecule has 132 valence electrons. The van der Waals surface area contributed by atoms with Crippen LogP contribution < -0.4 is 23.7 Å². The second-order valence-corrected chi connectivity index (χ2v) is 5.54. The van der Waals surface area contributed by atoms with Crippen LogP contribution in [-0.4, -0.2) is 40.8 Å². The van der Waals surface area contributed by atoms with E-state index in [0.717, 1.165) is 5.56 Å². The van der Waals surface area contributed by atoms with Crippen LogP contribution in [0.25, 0.3) is 0 Å². The fourth-order valence-corrected chi connectivity index (χ4v) is 2.96. The third-order valence-corrected chi connectivity index (χ3v) is 4.28. The average Bonchev–Trinajstić information content (AvgIpc) is 2.66. The summed E-state index contributed by atoms with van der Waals surface area (Å²) in [5, 5.41) is 0. The molecule has 1 aliphatic heterocycles. The van der Waals surface area contributed by atoms with E-state index in [1.807, 2.05) is 6.07 Å². The molecule has 0 spiro atoms. The van der Waals surface area contributed by atoms with Crippen LogP contribution in [0.5, 0.6) is 28.7 Å². The molecular formula is C19H20O6. The first-order valence-electron chi connectivity index (χ1n) is 7.77. The lowest BCUT2D eigenvalue weighted by Gasteiger charge is -2.27. The molecule has 0 radical (unpaired) electrons. The van der Waals surface area contributed by atoms with Gasteiger partial charge in [-0.3, -0.25) is 4.79 Å². The summed E-state index contributed by atoms with van der Waals surface area (Å²) in [5.41, 5.74) is 1.16. The lowest BCUT2D eigenvalue weighted by molar-refractivity contribution is 0.0889. The third kappa shape index (κ3) is 2.95. The first-order chi connectivity index (χ1) is 12.1. The van der Waals surface area contributed by atoms with Gasteiger partial charge in [0.2, 0.25) is 0 Å². The largest absolute Gasteiger partial charge is 0.497 e. The Kier molecular flexibility index (Phi) is 4.70. The zero-order valence-corrected chi connectivity index (χ0v) is 14.6. The van der Waals surface area contributed by atoms with E-state index in [0.29, 0.717) is 34.3 Å². The Morgan fingerprint density at radius 3 is 2.20 bits per heavy atom. The standard InChI is InChI=1S/C19H20O6/c1-21-11-5-6-13(15(7-11)23-3)14-10-25-17-9-12(22-2)8-16(24-4)18(17)19(14)20/h5-9,14H,10H2,1-4H3/t14-/m1/s1. The summed E-state index contributed by atoms with van der Waals surface area (Å²) in [5.74, 6) is 2.13. The van der Waals surface area contributed by atoms with Gasteiger partial charge in [-0.25, -0.2) is 0 Å². The Labute approximate surface area is 146 Å². The molecule has 2 aromatic rings. The van der Waals surface area contributed by atoms with Crippen molar-refractivity contribution < 1.29 is 28.5 Å². The maximum atomic E-state index is 13.1. The normalized spacial score (nSPS) is 15.8. The van der Waals surface area contributed by atoms with Gasteiger partial charge in [-0.05, 0) is 6.07 Å². The van der Waals surface area contributed by atoms with Crippen molar-refractivity contribution in [2.75, 3.05) is 35.0 Å². The number of rotatable bonds is 5. The second-order valence-electron chi connectivity index (χ2n) is 5.54. The Morgan fingerprint density at radius 2 is 1.56 bits per heavy atom. The predicted octanol–water partition coefficient (Wildman–Crippen LogP) is 3.08. The highest BCUT2D eigenvalue weighted by molar-refractivity contribution is 6.07. The molecular weight excluding hydrogens is 324 g/mol. The molecule has 0 unspecified atom stereocenters. The van der Waals surface area contributed by atoms with Crippen LogP contribution in [0.2, 0.25) is 0 Å². The smallest absolute Gasteiger partial charge is 0.181 e. The second kappa shape index (κ2) is 6.93. The molecule has 25 heavy (non-hydrogen) atoms. The molecule has 0 aromatic heterocycles. The summed E-state index contributed by atoms with van der Waals surface area (Å²) >= 11 is 0. The molecule has 0 fully saturated rings. The Balaban J connectivity index is 2.05. The number of benzene rings is 2. The van der Waals surface area contributed by atoms with Crippen LogP contribution in [0.15, 0.2) is 30.3 Å². The van der Waals surface area contributed by atoms with Gasteiger partial charge in [-0.15, -0.1) is 0 Å². The van der Waals surface area contributed by atoms with E-state index in [2.05, 4.69) is 0 Å². The van der Waals surface area contributed by atoms with Crippen LogP contribution in [0.4, 0.5) is 0 Å². The molecule has 6 nitrogen and oxygen atoms in total. The van der Waals surface area contributed by atoms with Crippen molar-refractivity contribution in [1.82, 2.24) is 0 Å². The topological polar surface area (TPSA) is 63.2 Å². The molecule has 0 amide bonds. The van der Waals surface area contributed by atoms with Gasteiger partial charge in [0.15, 0.2) is 5.78 Å². The van der Waals surface area contributed by atoms with Crippen LogP contribution in [0, 0.1) is 0 Å². The summed E-state index contributed by atoms with van der Waals surface area (Å²) in [4.78, 5) is 13.1. The quantitative estimate of drug-likeness (QED) is 0.831. The lowest BCUT2D eigenvalue weighted by atomic mass is 9.87. The number of carbonyl (C=O) groups is 1. The van der Waals surface area contributed by atoms with Crippen LogP contribution in [0.1, 0.15) is 21.8 Å². The minimum absolute atomic E-state index is 0.0794. The van der Waals surface area contributed by atoms with Crippen molar-refractivity contribution in [2.45, 2.75) is 5.92 Å². The number of fused-ring (bicyclic) bond motifs is 1. The molecule has 0 saturated heterocycles. The van der Waals surface area contributed by atoms with E-state index in [-0.39, 0.29) is 12.4 Å². The zero-order chi connectivity index (χ0) is 18.0. The highest BCUT2D eigenvalue weighted by atomic mass is 16.5. The van der Waals surface area contributed by atoms with E-state index in [1.165, 1.54) is 7.11 Å². The number of hydrogen-bond acceptors (Lipinski definition) is 6. The Hall–Kier alpha value is -2.89. The minimum atomic E-state index is -0.490. The molecule has 3 rings (SSSR count). The van der Waals surface area contributed by atoms with Crippen LogP contribution in [0.3, 0.4) is 0 Å². The van der Waals surface area contributed by atoms with Gasteiger partial charge in [0.05, 0.1) is 34.4 Å². The van der Waals surface area contributed by atoms with Gasteiger partial charge in [0.25, 0.3) is 0 Å². The van der Waals surface area contributed by atoms with E-state index >= 15 is 0 Å². The fourth-order valence-electron chi connectivity index (χ4n) is 2.96. The molecule has 0 bridgehead atoms. The number of ketones is 1. The molecule has 0 aliphatic carbocycles. The van der Waals surface area contributed by atoms with Gasteiger partial charge in [-0.2, -0.15) is 0 Å². The van der Waals surface area contributed by atoms with Crippen LogP contribution >= 0.6 is 0 Å². The van der Waals surface area contributed by atoms with Crippen LogP contribution in [-0.2, 0) is 0 Å². The van der Waals surface area contributed by atoms with Gasteiger partial charge < -0.3 is 23.7 Å². The summed E-state index contributed by atoms with van der Waals surface area (Å²) in [6.45, 7) is 0.213. The molecule has 2 aromatic carbocycles. The average molecular weight is 344 g/mol. The lowest BCUT2D eigenvalue weighted by Crippen LogP contribution is -2.27. The number of ether oxygens (including phenoxy) is 5. The highest BCUT2D eigenvalue weighted by Gasteiger charge is 2.35. The predicted molar refractivity (Wildman–Crippen MR) is 91.7 cm³/mol. The van der Waals surface area contributed by atoms with Gasteiger partial charge in [0.1, 0.15) is 40.9 Å². The van der Waals surface area contributed by atoms with E-state index in [4.69, 9.17) is 23.7 Å². The van der Waals surface area contributed by atoms with E-state index in [9.17, 15) is 4.79 Å². The minimum Gasteiger partial charge on any atom is -0.497 e. The molecule has 1 heterocycles. The zero-order valence-electron chi connectivity index (χ0n) is 14.6. The van der Waals surface area contributed by atoms with Crippen molar-refractivity contribution in [3.8, 4) is 28.7 Å².